The van der Waals surface area contributed by atoms with E-state index in [2.05, 4.69) is 5.32 Å². The molecule has 6 rings (SSSR count). The highest BCUT2D eigenvalue weighted by atomic mass is 35.5. The SMILES string of the molecule is O=C(O)C[C@@H](O)CC(=O)N1C[C@H]2CC(c3ccc(CCCOc4c(F)ccc(F)c4F)cc3)=C(C(=O)N(CCc3ccccc3Cl)C3CC3)[C@@H](C1)N2. The molecular weight excluding hydrogens is 699 g/mol. The number of hydrogen-bond donors (Lipinski definition) is 3. The molecule has 3 aromatic rings. The van der Waals surface area contributed by atoms with Crippen molar-refractivity contribution in [3.8, 4) is 5.75 Å². The number of carbonyl (C=O) groups is 3. The van der Waals surface area contributed by atoms with E-state index < -0.39 is 47.7 Å². The molecule has 52 heavy (non-hydrogen) atoms. The van der Waals surface area contributed by atoms with E-state index in [0.717, 1.165) is 41.2 Å². The average molecular weight is 740 g/mol. The minimum absolute atomic E-state index is 0.0222. The second-order valence-electron chi connectivity index (χ2n) is 13.7. The Hall–Kier alpha value is -4.39. The third kappa shape index (κ3) is 8.97. The fourth-order valence-electron chi connectivity index (χ4n) is 7.07. The van der Waals surface area contributed by atoms with Gasteiger partial charge in [-0.15, -0.1) is 0 Å². The smallest absolute Gasteiger partial charge is 0.305 e. The van der Waals surface area contributed by atoms with E-state index in [-0.39, 0.29) is 43.5 Å². The molecule has 1 aliphatic carbocycles. The summed E-state index contributed by atoms with van der Waals surface area (Å²) in [7, 11) is 0. The summed E-state index contributed by atoms with van der Waals surface area (Å²) in [4.78, 5) is 42.5. The number of benzene rings is 3. The van der Waals surface area contributed by atoms with E-state index in [4.69, 9.17) is 21.4 Å². The Labute approximate surface area is 305 Å². The maximum atomic E-state index is 14.7. The number of aryl methyl sites for hydroxylation is 1. The number of piperazine rings is 1. The Bertz CT molecular complexity index is 1840. The van der Waals surface area contributed by atoms with E-state index in [9.17, 15) is 32.7 Å². The molecule has 3 N–H and O–H groups in total. The number of carboxylic acid groups (broad SMARTS) is 1. The Balaban J connectivity index is 1.22. The van der Waals surface area contributed by atoms with Gasteiger partial charge in [0.2, 0.25) is 11.7 Å². The summed E-state index contributed by atoms with van der Waals surface area (Å²) in [5.41, 5.74) is 4.20. The quantitative estimate of drug-likeness (QED) is 0.138. The molecule has 0 spiro atoms. The Kier molecular flexibility index (Phi) is 11.9. The van der Waals surface area contributed by atoms with Gasteiger partial charge in [0.15, 0.2) is 17.4 Å². The summed E-state index contributed by atoms with van der Waals surface area (Å²) in [6.07, 6.45) is 1.59. The predicted octanol–water partition coefficient (Wildman–Crippen LogP) is 5.55. The largest absolute Gasteiger partial charge is 0.488 e. The lowest BCUT2D eigenvalue weighted by Crippen LogP contribution is -2.62. The number of aliphatic hydroxyl groups excluding tert-OH is 1. The van der Waals surface area contributed by atoms with Gasteiger partial charge in [0.05, 0.1) is 31.6 Å². The molecule has 0 aromatic heterocycles. The summed E-state index contributed by atoms with van der Waals surface area (Å²) in [6.45, 7) is 0.969. The van der Waals surface area contributed by atoms with Crippen molar-refractivity contribution in [1.29, 1.82) is 0 Å². The second-order valence-corrected chi connectivity index (χ2v) is 14.1. The van der Waals surface area contributed by atoms with Crippen molar-refractivity contribution in [3.05, 3.63) is 105 Å². The van der Waals surface area contributed by atoms with Gasteiger partial charge in [0, 0.05) is 42.3 Å². The molecule has 2 heterocycles. The molecule has 3 aliphatic rings. The molecule has 13 heteroatoms. The van der Waals surface area contributed by atoms with E-state index in [0.29, 0.717) is 55.4 Å². The number of fused-ring (bicyclic) bond motifs is 2. The maximum absolute atomic E-state index is 14.7. The number of aliphatic hydroxyl groups is 1. The lowest BCUT2D eigenvalue weighted by atomic mass is 9.82. The van der Waals surface area contributed by atoms with Crippen LogP contribution in [0.4, 0.5) is 13.2 Å². The van der Waals surface area contributed by atoms with Crippen LogP contribution in [0.5, 0.6) is 5.75 Å². The van der Waals surface area contributed by atoms with E-state index in [1.165, 1.54) is 0 Å². The Morgan fingerprint density at radius 1 is 0.962 bits per heavy atom. The lowest BCUT2D eigenvalue weighted by molar-refractivity contribution is -0.141. The van der Waals surface area contributed by atoms with Crippen LogP contribution >= 0.6 is 11.6 Å². The maximum Gasteiger partial charge on any atom is 0.305 e. The van der Waals surface area contributed by atoms with E-state index >= 15 is 0 Å². The number of carbonyl (C=O) groups excluding carboxylic acids is 2. The topological polar surface area (TPSA) is 119 Å². The van der Waals surface area contributed by atoms with Gasteiger partial charge in [0.25, 0.3) is 5.91 Å². The van der Waals surface area contributed by atoms with Gasteiger partial charge in [-0.25, -0.2) is 8.78 Å². The van der Waals surface area contributed by atoms with E-state index in [1.54, 1.807) is 4.90 Å². The number of hydrogen-bond acceptors (Lipinski definition) is 6. The van der Waals surface area contributed by atoms with Crippen molar-refractivity contribution in [1.82, 2.24) is 15.1 Å². The molecule has 0 radical (unpaired) electrons. The zero-order chi connectivity index (χ0) is 36.9. The van der Waals surface area contributed by atoms with Gasteiger partial charge in [-0.05, 0) is 79.0 Å². The minimum atomic E-state index is -1.36. The molecule has 3 aromatic carbocycles. The van der Waals surface area contributed by atoms with Crippen LogP contribution in [0.2, 0.25) is 5.02 Å². The fourth-order valence-corrected chi connectivity index (χ4v) is 7.30. The number of carboxylic acids is 1. The first-order chi connectivity index (χ1) is 25.0. The summed E-state index contributed by atoms with van der Waals surface area (Å²) in [5.74, 6) is -5.92. The van der Waals surface area contributed by atoms with Crippen LogP contribution in [0.15, 0.2) is 66.2 Å². The molecule has 2 bridgehead atoms. The average Bonchev–Trinajstić information content (AvgIpc) is 3.95. The van der Waals surface area contributed by atoms with Gasteiger partial charge in [-0.1, -0.05) is 54.1 Å². The molecule has 3 atom stereocenters. The highest BCUT2D eigenvalue weighted by Crippen LogP contribution is 2.37. The highest BCUT2D eigenvalue weighted by Gasteiger charge is 2.43. The van der Waals surface area contributed by atoms with Gasteiger partial charge in [-0.3, -0.25) is 14.4 Å². The van der Waals surface area contributed by atoms with Gasteiger partial charge in [0.1, 0.15) is 0 Å². The minimum Gasteiger partial charge on any atom is -0.488 e. The number of halogens is 4. The normalized spacial score (nSPS) is 19.0. The predicted molar refractivity (Wildman–Crippen MR) is 188 cm³/mol. The number of ether oxygens (including phenoxy) is 1. The molecular formula is C39H41ClF3N3O6. The van der Waals surface area contributed by atoms with Gasteiger partial charge in [-0.2, -0.15) is 4.39 Å². The Morgan fingerprint density at radius 2 is 1.69 bits per heavy atom. The van der Waals surface area contributed by atoms with Crippen LogP contribution in [-0.4, -0.2) is 88.3 Å². The molecule has 1 saturated carbocycles. The van der Waals surface area contributed by atoms with Crippen LogP contribution < -0.4 is 10.1 Å². The first-order valence-corrected chi connectivity index (χ1v) is 17.9. The van der Waals surface area contributed by atoms with Crippen LogP contribution in [0.25, 0.3) is 5.57 Å². The van der Waals surface area contributed by atoms with Crippen LogP contribution in [-0.2, 0) is 27.2 Å². The van der Waals surface area contributed by atoms with Crippen molar-refractivity contribution in [2.45, 2.75) is 75.6 Å². The summed E-state index contributed by atoms with van der Waals surface area (Å²) in [6, 6.07) is 16.3. The van der Waals surface area contributed by atoms with Crippen LogP contribution in [0, 0.1) is 17.5 Å². The summed E-state index contributed by atoms with van der Waals surface area (Å²) >= 11 is 6.45. The Morgan fingerprint density at radius 3 is 2.40 bits per heavy atom. The van der Waals surface area contributed by atoms with Crippen molar-refractivity contribution < 1.29 is 42.5 Å². The molecule has 1 saturated heterocycles. The fraction of sp³-hybridized carbons (Fsp3) is 0.410. The number of aliphatic carboxylic acids is 1. The molecule has 2 amide bonds. The third-order valence-electron chi connectivity index (χ3n) is 9.80. The number of rotatable bonds is 15. The van der Waals surface area contributed by atoms with Crippen molar-refractivity contribution >= 4 is 35.0 Å². The molecule has 2 aliphatic heterocycles. The number of amides is 2. The van der Waals surface area contributed by atoms with Gasteiger partial charge < -0.3 is 30.1 Å². The van der Waals surface area contributed by atoms with Crippen molar-refractivity contribution in [2.75, 3.05) is 26.2 Å². The van der Waals surface area contributed by atoms with Gasteiger partial charge >= 0.3 is 5.97 Å². The van der Waals surface area contributed by atoms with Crippen molar-refractivity contribution in [3.63, 3.8) is 0 Å². The monoisotopic (exact) mass is 739 g/mol. The molecule has 9 nitrogen and oxygen atoms in total. The van der Waals surface area contributed by atoms with Crippen LogP contribution in [0.3, 0.4) is 0 Å². The summed E-state index contributed by atoms with van der Waals surface area (Å²) in [5, 5.41) is 23.4. The third-order valence-corrected chi connectivity index (χ3v) is 10.2. The molecule has 2 fully saturated rings. The lowest BCUT2D eigenvalue weighted by Gasteiger charge is -2.45. The zero-order valence-corrected chi connectivity index (χ0v) is 29.3. The highest BCUT2D eigenvalue weighted by molar-refractivity contribution is 6.31. The zero-order valence-electron chi connectivity index (χ0n) is 28.5. The first-order valence-electron chi connectivity index (χ1n) is 17.5. The van der Waals surface area contributed by atoms with E-state index in [1.807, 2.05) is 53.4 Å². The first kappa shape index (κ1) is 37.4. The molecule has 276 valence electrons. The van der Waals surface area contributed by atoms with Crippen molar-refractivity contribution in [2.24, 2.45) is 0 Å². The standard InChI is InChI=1S/C39H41ClF3N3O6/c40-30-6-2-1-5-25(30)15-16-46(27-11-12-27)39(51)36-29(18-26-21-45(22-33(36)44-26)34(48)19-28(47)20-35(49)50)24-9-7-23(8-10-24)4-3-17-52-38-32(42)14-13-31(41)37(38)43/h1-2,5-10,13-14,26-28,33,44,47H,3-4,11-12,15-22H2,(H,49,50)/t26-,28+,33-/m1/s1. The molecule has 0 unspecified atom stereocenters. The van der Waals surface area contributed by atoms with Crippen LogP contribution in [0.1, 0.15) is 55.2 Å². The number of nitrogens with one attached hydrogen (secondary N) is 1. The second kappa shape index (κ2) is 16.5. The number of nitrogens with zero attached hydrogens (tertiary/aromatic N) is 2. The summed E-state index contributed by atoms with van der Waals surface area (Å²) < 4.78 is 46.6.